The Balaban J connectivity index is 1.62. The Hall–Kier alpha value is -2.08. The molecule has 0 amide bonds. The maximum atomic E-state index is 5.91. The Morgan fingerprint density at radius 2 is 1.96 bits per heavy atom. The smallest absolute Gasteiger partial charge is 0.163 e. The minimum Gasteiger partial charge on any atom is -0.493 e. The first-order chi connectivity index (χ1) is 11.3. The van der Waals surface area contributed by atoms with E-state index in [-0.39, 0.29) is 0 Å². The quantitative estimate of drug-likeness (QED) is 0.825. The molecule has 0 atom stereocenters. The summed E-state index contributed by atoms with van der Waals surface area (Å²) in [6, 6.07) is 3.71. The third kappa shape index (κ3) is 3.82. The highest BCUT2D eigenvalue weighted by Crippen LogP contribution is 2.33. The van der Waals surface area contributed by atoms with Crippen LogP contribution in [0.5, 0.6) is 11.5 Å². The second kappa shape index (κ2) is 7.46. The zero-order chi connectivity index (χ0) is 16.1. The van der Waals surface area contributed by atoms with Gasteiger partial charge >= 0.3 is 0 Å². The summed E-state index contributed by atoms with van der Waals surface area (Å²) in [4.78, 5) is 10.8. The van der Waals surface area contributed by atoms with Crippen LogP contribution in [0.2, 0.25) is 0 Å². The molecule has 1 aromatic heterocycles. The minimum atomic E-state index is 0.449. The van der Waals surface area contributed by atoms with Crippen molar-refractivity contribution in [2.24, 2.45) is 0 Å². The number of benzene rings is 1. The summed E-state index contributed by atoms with van der Waals surface area (Å²) >= 11 is 0. The molecule has 6 nitrogen and oxygen atoms in total. The molecular weight excluding hydrogens is 292 g/mol. The molecule has 2 aromatic rings. The number of fused-ring (bicyclic) bond motifs is 1. The lowest BCUT2D eigenvalue weighted by atomic mass is 10.1. The summed E-state index contributed by atoms with van der Waals surface area (Å²) in [5.74, 6) is 1.82. The van der Waals surface area contributed by atoms with Gasteiger partial charge in [-0.3, -0.25) is 0 Å². The SMILES string of the molecule is COc1cc2c(N)ncnc2cc1OCCCN1CCCCC1. The van der Waals surface area contributed by atoms with Crippen LogP contribution in [-0.4, -0.2) is 48.2 Å². The van der Waals surface area contributed by atoms with Gasteiger partial charge in [-0.15, -0.1) is 0 Å². The normalized spacial score (nSPS) is 15.7. The average Bonchev–Trinajstić information content (AvgIpc) is 2.59. The molecule has 0 spiro atoms. The summed E-state index contributed by atoms with van der Waals surface area (Å²) in [6.45, 7) is 4.19. The molecule has 1 saturated heterocycles. The predicted molar refractivity (Wildman–Crippen MR) is 90.9 cm³/mol. The second-order valence-corrected chi connectivity index (χ2v) is 5.88. The van der Waals surface area contributed by atoms with Gasteiger partial charge in [0.05, 0.1) is 19.2 Å². The van der Waals surface area contributed by atoms with Crippen molar-refractivity contribution in [3.8, 4) is 11.5 Å². The number of nitrogens with two attached hydrogens (primary N) is 1. The molecule has 3 rings (SSSR count). The van der Waals surface area contributed by atoms with Crippen LogP contribution in [0.1, 0.15) is 25.7 Å². The number of nitrogens with zero attached hydrogens (tertiary/aromatic N) is 3. The van der Waals surface area contributed by atoms with Gasteiger partial charge in [0.1, 0.15) is 12.1 Å². The first kappa shape index (κ1) is 15.8. The molecule has 1 fully saturated rings. The number of ether oxygens (including phenoxy) is 2. The van der Waals surface area contributed by atoms with Gasteiger partial charge in [0.25, 0.3) is 0 Å². The van der Waals surface area contributed by atoms with Crippen molar-refractivity contribution in [1.29, 1.82) is 0 Å². The molecule has 6 heteroatoms. The van der Waals surface area contributed by atoms with E-state index in [4.69, 9.17) is 15.2 Å². The fourth-order valence-electron chi connectivity index (χ4n) is 3.01. The number of methoxy groups -OCH3 is 1. The van der Waals surface area contributed by atoms with Gasteiger partial charge in [0, 0.05) is 18.0 Å². The van der Waals surface area contributed by atoms with E-state index < -0.39 is 0 Å². The number of likely N-dealkylation sites (tertiary alicyclic amines) is 1. The molecule has 1 aliphatic rings. The van der Waals surface area contributed by atoms with Gasteiger partial charge in [-0.1, -0.05) is 6.42 Å². The Morgan fingerprint density at radius 3 is 2.74 bits per heavy atom. The molecule has 124 valence electrons. The monoisotopic (exact) mass is 316 g/mol. The molecule has 1 aromatic carbocycles. The molecule has 1 aliphatic heterocycles. The standard InChI is InChI=1S/C17H24N4O2/c1-22-15-10-13-14(19-12-20-17(13)18)11-16(15)23-9-5-8-21-6-3-2-4-7-21/h10-12H,2-9H2,1H3,(H2,18,19,20). The Labute approximate surface area is 136 Å². The molecule has 0 aliphatic carbocycles. The first-order valence-electron chi connectivity index (χ1n) is 8.21. The molecule has 23 heavy (non-hydrogen) atoms. The predicted octanol–water partition coefficient (Wildman–Crippen LogP) is 2.48. The lowest BCUT2D eigenvalue weighted by Crippen LogP contribution is -2.31. The van der Waals surface area contributed by atoms with Crippen molar-refractivity contribution in [3.63, 3.8) is 0 Å². The Bertz CT molecular complexity index is 656. The summed E-state index contributed by atoms with van der Waals surface area (Å²) in [6.07, 6.45) is 6.48. The summed E-state index contributed by atoms with van der Waals surface area (Å²) in [7, 11) is 1.63. The van der Waals surface area contributed by atoms with Gasteiger partial charge in [-0.25, -0.2) is 9.97 Å². The van der Waals surface area contributed by atoms with Crippen molar-refractivity contribution in [1.82, 2.24) is 14.9 Å². The van der Waals surface area contributed by atoms with Gasteiger partial charge in [0.15, 0.2) is 11.5 Å². The summed E-state index contributed by atoms with van der Waals surface area (Å²) < 4.78 is 11.3. The van der Waals surface area contributed by atoms with E-state index in [1.807, 2.05) is 12.1 Å². The number of piperidine rings is 1. The molecule has 0 radical (unpaired) electrons. The fraction of sp³-hybridized carbons (Fsp3) is 0.529. The lowest BCUT2D eigenvalue weighted by Gasteiger charge is -2.26. The van der Waals surface area contributed by atoms with E-state index in [0.29, 0.717) is 23.9 Å². The molecule has 0 bridgehead atoms. The van der Waals surface area contributed by atoms with Crippen LogP contribution in [0, 0.1) is 0 Å². The molecular formula is C17H24N4O2. The highest BCUT2D eigenvalue weighted by atomic mass is 16.5. The first-order valence-corrected chi connectivity index (χ1v) is 8.21. The third-order valence-corrected chi connectivity index (χ3v) is 4.28. The van der Waals surface area contributed by atoms with Crippen LogP contribution in [0.3, 0.4) is 0 Å². The average molecular weight is 316 g/mol. The van der Waals surface area contributed by atoms with Crippen molar-refractivity contribution in [2.45, 2.75) is 25.7 Å². The highest BCUT2D eigenvalue weighted by Gasteiger charge is 2.12. The van der Waals surface area contributed by atoms with Crippen molar-refractivity contribution >= 4 is 16.7 Å². The molecule has 2 heterocycles. The van der Waals surface area contributed by atoms with Gasteiger partial charge < -0.3 is 20.1 Å². The van der Waals surface area contributed by atoms with Crippen LogP contribution in [0.15, 0.2) is 18.5 Å². The number of rotatable bonds is 6. The van der Waals surface area contributed by atoms with Crippen LogP contribution < -0.4 is 15.2 Å². The van der Waals surface area contributed by atoms with E-state index in [1.165, 1.54) is 38.7 Å². The summed E-state index contributed by atoms with van der Waals surface area (Å²) in [5, 5.41) is 0.782. The van der Waals surface area contributed by atoms with Gasteiger partial charge in [-0.2, -0.15) is 0 Å². The van der Waals surface area contributed by atoms with E-state index >= 15 is 0 Å². The topological polar surface area (TPSA) is 73.5 Å². The van der Waals surface area contributed by atoms with Crippen molar-refractivity contribution in [2.75, 3.05) is 39.1 Å². The zero-order valence-corrected chi connectivity index (χ0v) is 13.6. The van der Waals surface area contributed by atoms with Gasteiger partial charge in [-0.05, 0) is 38.4 Å². The molecule has 0 unspecified atom stereocenters. The number of hydrogen-bond acceptors (Lipinski definition) is 6. The van der Waals surface area contributed by atoms with Gasteiger partial charge in [0.2, 0.25) is 0 Å². The maximum absolute atomic E-state index is 5.91. The Kier molecular flexibility index (Phi) is 5.12. The number of anilines is 1. The third-order valence-electron chi connectivity index (χ3n) is 4.28. The maximum Gasteiger partial charge on any atom is 0.163 e. The van der Waals surface area contributed by atoms with Crippen LogP contribution in [-0.2, 0) is 0 Å². The molecule has 0 saturated carbocycles. The van der Waals surface area contributed by atoms with Crippen molar-refractivity contribution < 1.29 is 9.47 Å². The van der Waals surface area contributed by atoms with Crippen LogP contribution in [0.25, 0.3) is 10.9 Å². The summed E-state index contributed by atoms with van der Waals surface area (Å²) in [5.41, 5.74) is 6.65. The largest absolute Gasteiger partial charge is 0.493 e. The zero-order valence-electron chi connectivity index (χ0n) is 13.6. The Morgan fingerprint density at radius 1 is 1.13 bits per heavy atom. The van der Waals surface area contributed by atoms with E-state index in [1.54, 1.807) is 7.11 Å². The number of hydrogen-bond donors (Lipinski definition) is 1. The van der Waals surface area contributed by atoms with E-state index in [2.05, 4.69) is 14.9 Å². The van der Waals surface area contributed by atoms with Crippen LogP contribution >= 0.6 is 0 Å². The van der Waals surface area contributed by atoms with Crippen molar-refractivity contribution in [3.05, 3.63) is 18.5 Å². The molecule has 2 N–H and O–H groups in total. The second-order valence-electron chi connectivity index (χ2n) is 5.88. The minimum absolute atomic E-state index is 0.449. The number of nitrogen functional groups attached to an aromatic ring is 1. The fourth-order valence-corrected chi connectivity index (χ4v) is 3.01. The lowest BCUT2D eigenvalue weighted by molar-refractivity contribution is 0.203. The van der Waals surface area contributed by atoms with Crippen LogP contribution in [0.4, 0.5) is 5.82 Å². The van der Waals surface area contributed by atoms with E-state index in [0.717, 1.165) is 23.9 Å². The number of aromatic nitrogens is 2. The highest BCUT2D eigenvalue weighted by molar-refractivity contribution is 5.90. The van der Waals surface area contributed by atoms with E-state index in [9.17, 15) is 0 Å².